The predicted molar refractivity (Wildman–Crippen MR) is 127 cm³/mol. The minimum absolute atomic E-state index is 0.0111. The first-order valence-electron chi connectivity index (χ1n) is 9.47. The Morgan fingerprint density at radius 1 is 0.862 bits per heavy atom. The fourth-order valence-electron chi connectivity index (χ4n) is 3.60. The zero-order chi connectivity index (χ0) is 20.4. The number of aromatic nitrogens is 2. The Balaban J connectivity index is 1.87. The van der Waals surface area contributed by atoms with E-state index in [2.05, 4.69) is 52.2 Å². The van der Waals surface area contributed by atoms with Gasteiger partial charge in [0.1, 0.15) is 0 Å². The number of anilines is 1. The molecule has 0 fully saturated rings. The molecular weight excluding hydrogens is 473 g/mol. The van der Waals surface area contributed by atoms with Crippen LogP contribution in [0.4, 0.5) is 5.69 Å². The van der Waals surface area contributed by atoms with Gasteiger partial charge in [-0.3, -0.25) is 9.48 Å². The van der Waals surface area contributed by atoms with E-state index in [1.807, 2.05) is 79.3 Å². The molecule has 0 aliphatic rings. The number of nitrogens with one attached hydrogen (secondary N) is 1. The Kier molecular flexibility index (Phi) is 5.58. The molecule has 0 saturated carbocycles. The average Bonchev–Trinajstić information content (AvgIpc) is 2.97. The van der Waals surface area contributed by atoms with Crippen molar-refractivity contribution in [3.8, 4) is 5.69 Å². The van der Waals surface area contributed by atoms with Crippen LogP contribution in [0.15, 0.2) is 89.7 Å². The second kappa shape index (κ2) is 8.29. The van der Waals surface area contributed by atoms with Crippen LogP contribution < -0.4 is 10.9 Å². The van der Waals surface area contributed by atoms with Crippen LogP contribution in [-0.4, -0.2) is 9.36 Å². The second-order valence-corrected chi connectivity index (χ2v) is 8.22. The van der Waals surface area contributed by atoms with Crippen molar-refractivity contribution in [3.05, 3.63) is 116 Å². The molecule has 0 aliphatic carbocycles. The Labute approximate surface area is 183 Å². The molecule has 4 nitrogen and oxygen atoms in total. The summed E-state index contributed by atoms with van der Waals surface area (Å²) in [6, 6.07) is 27.8. The number of para-hydroxylation sites is 1. The summed E-state index contributed by atoms with van der Waals surface area (Å²) in [7, 11) is 1.93. The zero-order valence-electron chi connectivity index (χ0n) is 16.3. The van der Waals surface area contributed by atoms with Crippen LogP contribution in [0, 0.1) is 10.5 Å². The summed E-state index contributed by atoms with van der Waals surface area (Å²) >= 11 is 2.29. The van der Waals surface area contributed by atoms with E-state index in [4.69, 9.17) is 0 Å². The van der Waals surface area contributed by atoms with Crippen LogP contribution in [-0.2, 0) is 7.05 Å². The summed E-state index contributed by atoms with van der Waals surface area (Å²) in [5.74, 6) is 0. The molecule has 4 rings (SSSR count). The highest BCUT2D eigenvalue weighted by molar-refractivity contribution is 14.1. The van der Waals surface area contributed by atoms with Crippen LogP contribution >= 0.6 is 22.6 Å². The summed E-state index contributed by atoms with van der Waals surface area (Å²) in [6.45, 7) is 2.00. The first-order chi connectivity index (χ1) is 14.1. The third-order valence-corrected chi connectivity index (χ3v) is 5.89. The molecule has 4 aromatic rings. The molecule has 0 radical (unpaired) electrons. The molecule has 0 saturated heterocycles. The van der Waals surface area contributed by atoms with Gasteiger partial charge in [0.25, 0.3) is 5.56 Å². The van der Waals surface area contributed by atoms with Gasteiger partial charge in [0, 0.05) is 22.0 Å². The van der Waals surface area contributed by atoms with Crippen molar-refractivity contribution >= 4 is 28.3 Å². The lowest BCUT2D eigenvalue weighted by Crippen LogP contribution is -2.24. The Hall–Kier alpha value is -2.80. The highest BCUT2D eigenvalue weighted by atomic mass is 127. The SMILES string of the molecule is Cc1c(C(Nc2ccc(I)cc2)c2ccccc2)c(=O)n(-c2ccccc2)n1C. The van der Waals surface area contributed by atoms with Gasteiger partial charge in [-0.25, -0.2) is 4.68 Å². The number of benzene rings is 3. The number of halogens is 1. The lowest BCUT2D eigenvalue weighted by molar-refractivity contribution is 0.630. The number of nitrogens with zero attached hydrogens (tertiary/aromatic N) is 2. The molecule has 1 unspecified atom stereocenters. The van der Waals surface area contributed by atoms with Gasteiger partial charge in [-0.15, -0.1) is 0 Å². The van der Waals surface area contributed by atoms with Gasteiger partial charge in [-0.1, -0.05) is 48.5 Å². The van der Waals surface area contributed by atoms with Crippen LogP contribution in [0.1, 0.15) is 22.9 Å². The van der Waals surface area contributed by atoms with E-state index < -0.39 is 0 Å². The summed E-state index contributed by atoms with van der Waals surface area (Å²) in [5.41, 5.74) is 4.57. The van der Waals surface area contributed by atoms with Crippen molar-refractivity contribution in [1.29, 1.82) is 0 Å². The Bertz CT molecular complexity index is 1160. The van der Waals surface area contributed by atoms with E-state index in [-0.39, 0.29) is 11.6 Å². The molecule has 29 heavy (non-hydrogen) atoms. The van der Waals surface area contributed by atoms with Gasteiger partial charge in [0.2, 0.25) is 0 Å². The van der Waals surface area contributed by atoms with Gasteiger partial charge >= 0.3 is 0 Å². The van der Waals surface area contributed by atoms with Crippen molar-refractivity contribution < 1.29 is 0 Å². The normalized spacial score (nSPS) is 12.0. The molecular formula is C24H22IN3O. The molecule has 0 amide bonds. The maximum atomic E-state index is 13.6. The number of rotatable bonds is 5. The molecule has 1 heterocycles. The molecule has 1 aromatic heterocycles. The van der Waals surface area contributed by atoms with E-state index in [0.717, 1.165) is 28.2 Å². The lowest BCUT2D eigenvalue weighted by atomic mass is 9.98. The number of hydrogen-bond donors (Lipinski definition) is 1. The van der Waals surface area contributed by atoms with E-state index >= 15 is 0 Å². The fraction of sp³-hybridized carbons (Fsp3) is 0.125. The van der Waals surface area contributed by atoms with Crippen molar-refractivity contribution in [2.24, 2.45) is 7.05 Å². The summed E-state index contributed by atoms with van der Waals surface area (Å²) in [4.78, 5) is 13.6. The summed E-state index contributed by atoms with van der Waals surface area (Å²) in [5, 5.41) is 3.58. The first kappa shape index (κ1) is 19.5. The minimum atomic E-state index is -0.250. The second-order valence-electron chi connectivity index (χ2n) is 6.97. The first-order valence-corrected chi connectivity index (χ1v) is 10.5. The van der Waals surface area contributed by atoms with Gasteiger partial charge in [0.05, 0.1) is 17.3 Å². The number of hydrogen-bond acceptors (Lipinski definition) is 2. The van der Waals surface area contributed by atoms with E-state index in [0.29, 0.717) is 0 Å². The third-order valence-electron chi connectivity index (χ3n) is 5.18. The van der Waals surface area contributed by atoms with Crippen LogP contribution in [0.2, 0.25) is 0 Å². The molecule has 0 spiro atoms. The largest absolute Gasteiger partial charge is 0.374 e. The fourth-order valence-corrected chi connectivity index (χ4v) is 3.96. The van der Waals surface area contributed by atoms with E-state index in [9.17, 15) is 4.79 Å². The lowest BCUT2D eigenvalue weighted by Gasteiger charge is -2.20. The molecule has 0 aliphatic heterocycles. The molecule has 1 atom stereocenters. The molecule has 3 aromatic carbocycles. The quantitative estimate of drug-likeness (QED) is 0.383. The Morgan fingerprint density at radius 3 is 2.07 bits per heavy atom. The van der Waals surface area contributed by atoms with Crippen molar-refractivity contribution in [3.63, 3.8) is 0 Å². The smallest absolute Gasteiger partial charge is 0.277 e. The molecule has 5 heteroatoms. The van der Waals surface area contributed by atoms with E-state index in [1.165, 1.54) is 3.57 Å². The third kappa shape index (κ3) is 3.87. The van der Waals surface area contributed by atoms with Gasteiger partial charge in [-0.2, -0.15) is 0 Å². The Morgan fingerprint density at radius 2 is 1.45 bits per heavy atom. The highest BCUT2D eigenvalue weighted by Crippen LogP contribution is 2.28. The maximum Gasteiger partial charge on any atom is 0.277 e. The van der Waals surface area contributed by atoms with Gasteiger partial charge in [0.15, 0.2) is 0 Å². The molecule has 1 N–H and O–H groups in total. The maximum absolute atomic E-state index is 13.6. The predicted octanol–water partition coefficient (Wildman–Crippen LogP) is 5.29. The van der Waals surface area contributed by atoms with Crippen LogP contribution in [0.5, 0.6) is 0 Å². The van der Waals surface area contributed by atoms with Gasteiger partial charge < -0.3 is 5.32 Å². The zero-order valence-corrected chi connectivity index (χ0v) is 18.5. The standard InChI is InChI=1S/C24H22IN3O/c1-17-22(24(29)28(27(17)2)21-11-7-4-8-12-21)23(18-9-5-3-6-10-18)26-20-15-13-19(25)14-16-20/h3-16,23,26H,1-2H3. The van der Waals surface area contributed by atoms with Crippen molar-refractivity contribution in [1.82, 2.24) is 9.36 Å². The summed E-state index contributed by atoms with van der Waals surface area (Å²) < 4.78 is 4.83. The summed E-state index contributed by atoms with van der Waals surface area (Å²) in [6.07, 6.45) is 0. The highest BCUT2D eigenvalue weighted by Gasteiger charge is 2.25. The van der Waals surface area contributed by atoms with Crippen LogP contribution in [0.3, 0.4) is 0 Å². The monoisotopic (exact) mass is 495 g/mol. The van der Waals surface area contributed by atoms with Gasteiger partial charge in [-0.05, 0) is 71.5 Å². The average molecular weight is 495 g/mol. The molecule has 0 bridgehead atoms. The topological polar surface area (TPSA) is 39.0 Å². The van der Waals surface area contributed by atoms with Crippen molar-refractivity contribution in [2.75, 3.05) is 5.32 Å². The van der Waals surface area contributed by atoms with Crippen LogP contribution in [0.25, 0.3) is 5.69 Å². The molecule has 146 valence electrons. The van der Waals surface area contributed by atoms with Crippen molar-refractivity contribution in [2.45, 2.75) is 13.0 Å². The van der Waals surface area contributed by atoms with E-state index in [1.54, 1.807) is 4.68 Å². The minimum Gasteiger partial charge on any atom is -0.374 e.